The predicted molar refractivity (Wildman–Crippen MR) is 109 cm³/mol. The van der Waals surface area contributed by atoms with E-state index in [1.165, 1.54) is 6.42 Å². The summed E-state index contributed by atoms with van der Waals surface area (Å²) in [6, 6.07) is 5.14. The van der Waals surface area contributed by atoms with E-state index in [0.717, 1.165) is 32.1 Å². The molecule has 6 nitrogen and oxygen atoms in total. The first kappa shape index (κ1) is 22.0. The van der Waals surface area contributed by atoms with Crippen molar-refractivity contribution in [3.05, 3.63) is 28.8 Å². The van der Waals surface area contributed by atoms with Gasteiger partial charge in [-0.3, -0.25) is 9.59 Å². The van der Waals surface area contributed by atoms with Crippen LogP contribution in [0, 0.1) is 0 Å². The van der Waals surface area contributed by atoms with Gasteiger partial charge in [-0.2, -0.15) is 0 Å². The second-order valence-electron chi connectivity index (χ2n) is 7.05. The lowest BCUT2D eigenvalue weighted by atomic mass is 9.95. The summed E-state index contributed by atoms with van der Waals surface area (Å²) in [5, 5.41) is 6.23. The molecule has 1 saturated heterocycles. The van der Waals surface area contributed by atoms with Crippen LogP contribution < -0.4 is 16.4 Å². The summed E-state index contributed by atoms with van der Waals surface area (Å²) < 4.78 is 5.60. The maximum absolute atomic E-state index is 12.6. The van der Waals surface area contributed by atoms with Crippen molar-refractivity contribution < 1.29 is 14.3 Å². The number of anilines is 1. The molecule has 150 valence electrons. The normalized spacial score (nSPS) is 22.7. The summed E-state index contributed by atoms with van der Waals surface area (Å²) in [4.78, 5) is 24.9. The zero-order valence-corrected chi connectivity index (χ0v) is 16.8. The van der Waals surface area contributed by atoms with Gasteiger partial charge in [-0.1, -0.05) is 30.9 Å². The van der Waals surface area contributed by atoms with Crippen molar-refractivity contribution in [2.75, 3.05) is 11.9 Å². The Balaban J connectivity index is 0.00000261. The lowest BCUT2D eigenvalue weighted by Gasteiger charge is -2.23. The molecule has 3 rings (SSSR count). The molecule has 0 bridgehead atoms. The lowest BCUT2D eigenvalue weighted by molar-refractivity contribution is -0.126. The van der Waals surface area contributed by atoms with Crippen LogP contribution in [0.3, 0.4) is 0 Å². The van der Waals surface area contributed by atoms with Gasteiger partial charge in [-0.15, -0.1) is 12.4 Å². The van der Waals surface area contributed by atoms with E-state index >= 15 is 0 Å². The number of hydrogen-bond acceptors (Lipinski definition) is 4. The number of nitrogens with one attached hydrogen (secondary N) is 2. The number of carbonyl (C=O) groups excluding carboxylic acids is 2. The van der Waals surface area contributed by atoms with Gasteiger partial charge in [-0.25, -0.2) is 0 Å². The number of ether oxygens (including phenoxy) is 1. The number of halogens is 2. The van der Waals surface area contributed by atoms with Crippen LogP contribution in [0.1, 0.15) is 55.3 Å². The highest BCUT2D eigenvalue weighted by Gasteiger charge is 2.30. The van der Waals surface area contributed by atoms with Gasteiger partial charge in [0.2, 0.25) is 0 Å². The Morgan fingerprint density at radius 3 is 2.56 bits per heavy atom. The quantitative estimate of drug-likeness (QED) is 0.687. The van der Waals surface area contributed by atoms with Crippen molar-refractivity contribution in [2.45, 2.75) is 63.2 Å². The fourth-order valence-corrected chi connectivity index (χ4v) is 3.79. The third-order valence-corrected chi connectivity index (χ3v) is 5.41. The van der Waals surface area contributed by atoms with Crippen LogP contribution in [0.25, 0.3) is 0 Å². The van der Waals surface area contributed by atoms with Gasteiger partial charge in [0.05, 0.1) is 16.7 Å². The van der Waals surface area contributed by atoms with E-state index in [-0.39, 0.29) is 36.4 Å². The molecular formula is C19H27Cl2N3O3. The molecular weight excluding hydrogens is 389 g/mol. The van der Waals surface area contributed by atoms with Gasteiger partial charge in [0.15, 0.2) is 0 Å². The predicted octanol–water partition coefficient (Wildman–Crippen LogP) is 3.27. The number of nitrogens with two attached hydrogens (primary N) is 1. The molecule has 1 aromatic rings. The van der Waals surface area contributed by atoms with E-state index in [0.29, 0.717) is 29.2 Å². The second-order valence-corrected chi connectivity index (χ2v) is 7.46. The molecule has 2 atom stereocenters. The van der Waals surface area contributed by atoms with Crippen molar-refractivity contribution >= 4 is 41.5 Å². The molecule has 0 unspecified atom stereocenters. The SMILES string of the molecule is Cl.NC[C@H]1CC[C@@H](C(=O)Nc2ccc(Cl)c(C(=O)NC3CCCCC3)c2)O1. The average Bonchev–Trinajstić information content (AvgIpc) is 3.13. The number of amides is 2. The van der Waals surface area contributed by atoms with E-state index in [1.54, 1.807) is 18.2 Å². The molecule has 0 spiro atoms. The molecule has 8 heteroatoms. The molecule has 0 radical (unpaired) electrons. The van der Waals surface area contributed by atoms with Crippen LogP contribution in [0.4, 0.5) is 5.69 Å². The smallest absolute Gasteiger partial charge is 0.253 e. The first-order valence-corrected chi connectivity index (χ1v) is 9.71. The molecule has 2 fully saturated rings. The van der Waals surface area contributed by atoms with Crippen LogP contribution in [0.2, 0.25) is 5.02 Å². The maximum Gasteiger partial charge on any atom is 0.253 e. The summed E-state index contributed by atoms with van der Waals surface area (Å²) in [6.07, 6.45) is 6.37. The van der Waals surface area contributed by atoms with Crippen molar-refractivity contribution in [3.63, 3.8) is 0 Å². The Kier molecular flexibility index (Phi) is 8.35. The van der Waals surface area contributed by atoms with Crippen LogP contribution in [-0.4, -0.2) is 36.6 Å². The van der Waals surface area contributed by atoms with Crippen molar-refractivity contribution in [1.29, 1.82) is 0 Å². The largest absolute Gasteiger partial charge is 0.364 e. The number of hydrogen-bond donors (Lipinski definition) is 3. The van der Waals surface area contributed by atoms with Crippen molar-refractivity contribution in [3.8, 4) is 0 Å². The molecule has 2 aliphatic rings. The topological polar surface area (TPSA) is 93.5 Å². The number of rotatable bonds is 5. The fourth-order valence-electron chi connectivity index (χ4n) is 3.58. The Hall–Kier alpha value is -1.34. The zero-order valence-electron chi connectivity index (χ0n) is 15.2. The Labute approximate surface area is 170 Å². The van der Waals surface area contributed by atoms with Gasteiger partial charge in [-0.05, 0) is 43.9 Å². The minimum Gasteiger partial charge on any atom is -0.364 e. The van der Waals surface area contributed by atoms with E-state index < -0.39 is 6.10 Å². The minimum absolute atomic E-state index is 0. The Bertz CT molecular complexity index is 666. The van der Waals surface area contributed by atoms with Gasteiger partial charge in [0.25, 0.3) is 11.8 Å². The first-order chi connectivity index (χ1) is 12.6. The Morgan fingerprint density at radius 2 is 1.89 bits per heavy atom. The second kappa shape index (κ2) is 10.3. The summed E-state index contributed by atoms with van der Waals surface area (Å²) in [5.41, 5.74) is 6.49. The summed E-state index contributed by atoms with van der Waals surface area (Å²) in [6.45, 7) is 0.413. The standard InChI is InChI=1S/C19H26ClN3O3.ClH/c20-16-8-6-13(23-19(25)17-9-7-14(11-21)26-17)10-15(16)18(24)22-12-4-2-1-3-5-12;/h6,8,10,12,14,17H,1-5,7,9,11,21H2,(H,22,24)(H,23,25);1H/t14-,17+;/m1./s1. The van der Waals surface area contributed by atoms with Gasteiger partial charge < -0.3 is 21.1 Å². The molecule has 2 amide bonds. The highest BCUT2D eigenvalue weighted by atomic mass is 35.5. The van der Waals surface area contributed by atoms with Crippen molar-refractivity contribution in [2.24, 2.45) is 5.73 Å². The lowest BCUT2D eigenvalue weighted by Crippen LogP contribution is -2.36. The summed E-state index contributed by atoms with van der Waals surface area (Å²) in [5.74, 6) is -0.416. The highest BCUT2D eigenvalue weighted by molar-refractivity contribution is 6.34. The van der Waals surface area contributed by atoms with Gasteiger partial charge in [0, 0.05) is 18.3 Å². The van der Waals surface area contributed by atoms with E-state index in [2.05, 4.69) is 10.6 Å². The van der Waals surface area contributed by atoms with Gasteiger partial charge >= 0.3 is 0 Å². The third kappa shape index (κ3) is 5.82. The molecule has 1 saturated carbocycles. The highest BCUT2D eigenvalue weighted by Crippen LogP contribution is 2.24. The minimum atomic E-state index is -0.501. The average molecular weight is 416 g/mol. The summed E-state index contributed by atoms with van der Waals surface area (Å²) in [7, 11) is 0. The van der Waals surface area contributed by atoms with Crippen LogP contribution in [0.15, 0.2) is 18.2 Å². The van der Waals surface area contributed by atoms with E-state index in [9.17, 15) is 9.59 Å². The fraction of sp³-hybridized carbons (Fsp3) is 0.579. The molecule has 1 heterocycles. The van der Waals surface area contributed by atoms with E-state index in [4.69, 9.17) is 22.1 Å². The van der Waals surface area contributed by atoms with Crippen molar-refractivity contribution in [1.82, 2.24) is 5.32 Å². The van der Waals surface area contributed by atoms with Crippen LogP contribution >= 0.6 is 24.0 Å². The number of benzene rings is 1. The summed E-state index contributed by atoms with van der Waals surface area (Å²) >= 11 is 6.20. The first-order valence-electron chi connectivity index (χ1n) is 9.33. The van der Waals surface area contributed by atoms with E-state index in [1.807, 2.05) is 0 Å². The van der Waals surface area contributed by atoms with Gasteiger partial charge in [0.1, 0.15) is 6.10 Å². The Morgan fingerprint density at radius 1 is 1.15 bits per heavy atom. The molecule has 4 N–H and O–H groups in total. The van der Waals surface area contributed by atoms with Crippen LogP contribution in [0.5, 0.6) is 0 Å². The zero-order chi connectivity index (χ0) is 18.5. The maximum atomic E-state index is 12.6. The molecule has 1 aliphatic heterocycles. The molecule has 0 aromatic heterocycles. The molecule has 1 aliphatic carbocycles. The number of carbonyl (C=O) groups is 2. The van der Waals surface area contributed by atoms with Crippen LogP contribution in [-0.2, 0) is 9.53 Å². The molecule has 27 heavy (non-hydrogen) atoms. The molecule has 1 aromatic carbocycles. The monoisotopic (exact) mass is 415 g/mol. The third-order valence-electron chi connectivity index (χ3n) is 5.08.